The van der Waals surface area contributed by atoms with Crippen LogP contribution in [0.1, 0.15) is 22.3 Å². The zero-order valence-electron chi connectivity index (χ0n) is 12.7. The molecule has 0 aliphatic carbocycles. The van der Waals surface area contributed by atoms with Crippen LogP contribution in [0.2, 0.25) is 0 Å². The first kappa shape index (κ1) is 17.1. The van der Waals surface area contributed by atoms with Crippen LogP contribution in [0.4, 0.5) is 0 Å². The molecule has 23 heavy (non-hydrogen) atoms. The lowest BCUT2D eigenvalue weighted by Gasteiger charge is -2.10. The van der Waals surface area contributed by atoms with Gasteiger partial charge in [-0.05, 0) is 36.2 Å². The Morgan fingerprint density at radius 3 is 2.61 bits per heavy atom. The zero-order chi connectivity index (χ0) is 15.2. The summed E-state index contributed by atoms with van der Waals surface area (Å²) in [5.41, 5.74) is 1.73. The van der Waals surface area contributed by atoms with Gasteiger partial charge in [0.25, 0.3) is 5.91 Å². The maximum atomic E-state index is 11.9. The highest BCUT2D eigenvalue weighted by molar-refractivity contribution is 5.93. The molecule has 0 saturated heterocycles. The van der Waals surface area contributed by atoms with Crippen LogP contribution in [0, 0.1) is 0 Å². The number of pyridine rings is 1. The molecule has 2 heterocycles. The third-order valence-electron chi connectivity index (χ3n) is 3.45. The molecule has 3 rings (SSSR count). The number of benzene rings is 1. The fourth-order valence-electron chi connectivity index (χ4n) is 2.29. The molecule has 6 heteroatoms. The monoisotopic (exact) mass is 334 g/mol. The van der Waals surface area contributed by atoms with E-state index in [0.717, 1.165) is 29.9 Å². The van der Waals surface area contributed by atoms with Crippen LogP contribution in [-0.2, 0) is 6.42 Å². The lowest BCUT2D eigenvalue weighted by Crippen LogP contribution is -2.25. The Morgan fingerprint density at radius 1 is 1.09 bits per heavy atom. The highest BCUT2D eigenvalue weighted by Gasteiger charge is 2.11. The Kier molecular flexibility index (Phi) is 6.23. The summed E-state index contributed by atoms with van der Waals surface area (Å²) in [6.45, 7) is 1.93. The van der Waals surface area contributed by atoms with E-state index in [2.05, 4.69) is 10.3 Å². The van der Waals surface area contributed by atoms with Crippen molar-refractivity contribution in [1.29, 1.82) is 0 Å². The molecule has 1 aliphatic rings. The molecule has 0 unspecified atom stereocenters. The predicted octanol–water partition coefficient (Wildman–Crippen LogP) is 2.64. The number of carbonyl (C=O) groups is 1. The predicted molar refractivity (Wildman–Crippen MR) is 89.6 cm³/mol. The van der Waals surface area contributed by atoms with Gasteiger partial charge in [0, 0.05) is 30.9 Å². The highest BCUT2D eigenvalue weighted by atomic mass is 35.5. The molecule has 0 radical (unpaired) electrons. The second-order valence-electron chi connectivity index (χ2n) is 5.07. The zero-order valence-corrected chi connectivity index (χ0v) is 13.5. The molecule has 1 aromatic carbocycles. The fraction of sp³-hybridized carbons (Fsp3) is 0.294. The van der Waals surface area contributed by atoms with Gasteiger partial charge in [0.2, 0.25) is 0 Å². The number of ether oxygens (including phenoxy) is 2. The molecular formula is C17H19ClN2O3. The molecule has 0 spiro atoms. The van der Waals surface area contributed by atoms with Gasteiger partial charge in [-0.1, -0.05) is 6.07 Å². The Balaban J connectivity index is 0.00000192. The van der Waals surface area contributed by atoms with E-state index in [0.29, 0.717) is 25.3 Å². The van der Waals surface area contributed by atoms with Crippen LogP contribution in [-0.4, -0.2) is 30.6 Å². The molecule has 0 bridgehead atoms. The minimum atomic E-state index is -0.0863. The Labute approximate surface area is 141 Å². The van der Waals surface area contributed by atoms with Crippen molar-refractivity contribution in [3.63, 3.8) is 0 Å². The summed E-state index contributed by atoms with van der Waals surface area (Å²) in [5, 5.41) is 2.90. The van der Waals surface area contributed by atoms with Crippen LogP contribution >= 0.6 is 12.4 Å². The normalized spacial score (nSPS) is 12.7. The number of carbonyl (C=O) groups excluding carboxylic acids is 1. The van der Waals surface area contributed by atoms with E-state index in [-0.39, 0.29) is 18.3 Å². The van der Waals surface area contributed by atoms with Crippen LogP contribution in [0.5, 0.6) is 11.5 Å². The summed E-state index contributed by atoms with van der Waals surface area (Å²) < 4.78 is 11.3. The van der Waals surface area contributed by atoms with Gasteiger partial charge >= 0.3 is 0 Å². The molecule has 1 amide bonds. The van der Waals surface area contributed by atoms with E-state index in [1.807, 2.05) is 18.2 Å². The first-order chi connectivity index (χ1) is 10.8. The number of hydrogen-bond acceptors (Lipinski definition) is 4. The molecule has 122 valence electrons. The van der Waals surface area contributed by atoms with Crippen molar-refractivity contribution < 1.29 is 14.3 Å². The maximum Gasteiger partial charge on any atom is 0.251 e. The van der Waals surface area contributed by atoms with Crippen molar-refractivity contribution in [3.05, 3.63) is 53.9 Å². The van der Waals surface area contributed by atoms with E-state index in [1.165, 1.54) is 0 Å². The van der Waals surface area contributed by atoms with Crippen LogP contribution in [0.25, 0.3) is 0 Å². The van der Waals surface area contributed by atoms with Crippen molar-refractivity contribution in [2.75, 3.05) is 19.8 Å². The van der Waals surface area contributed by atoms with E-state index < -0.39 is 0 Å². The maximum absolute atomic E-state index is 11.9. The summed E-state index contributed by atoms with van der Waals surface area (Å²) in [4.78, 5) is 15.8. The molecule has 2 aromatic rings. The van der Waals surface area contributed by atoms with E-state index in [4.69, 9.17) is 9.47 Å². The Hall–Kier alpha value is -2.27. The van der Waals surface area contributed by atoms with E-state index >= 15 is 0 Å². The van der Waals surface area contributed by atoms with Gasteiger partial charge in [0.1, 0.15) is 0 Å². The van der Waals surface area contributed by atoms with E-state index in [9.17, 15) is 4.79 Å². The summed E-state index contributed by atoms with van der Waals surface area (Å²) in [6, 6.07) is 9.32. The highest BCUT2D eigenvalue weighted by Crippen LogP contribution is 2.30. The number of amides is 1. The molecule has 0 atom stereocenters. The van der Waals surface area contributed by atoms with Crippen LogP contribution in [0.3, 0.4) is 0 Å². The Bertz CT molecular complexity index is 650. The minimum Gasteiger partial charge on any atom is -0.490 e. The van der Waals surface area contributed by atoms with Gasteiger partial charge in [-0.25, -0.2) is 0 Å². The number of fused-ring (bicyclic) bond motifs is 1. The minimum absolute atomic E-state index is 0. The van der Waals surface area contributed by atoms with Gasteiger partial charge in [-0.2, -0.15) is 0 Å². The number of aromatic nitrogens is 1. The number of halogens is 1. The lowest BCUT2D eigenvalue weighted by atomic mass is 10.1. The van der Waals surface area contributed by atoms with Crippen molar-refractivity contribution in [2.45, 2.75) is 12.8 Å². The lowest BCUT2D eigenvalue weighted by molar-refractivity contribution is 0.0954. The molecular weight excluding hydrogens is 316 g/mol. The van der Waals surface area contributed by atoms with Gasteiger partial charge < -0.3 is 14.8 Å². The SMILES string of the molecule is Cl.O=C(NCCc1ccc2c(c1)OCCCO2)c1ccncc1. The van der Waals surface area contributed by atoms with Gasteiger partial charge in [-0.15, -0.1) is 12.4 Å². The van der Waals surface area contributed by atoms with Crippen LogP contribution < -0.4 is 14.8 Å². The van der Waals surface area contributed by atoms with Crippen molar-refractivity contribution in [2.24, 2.45) is 0 Å². The summed E-state index contributed by atoms with van der Waals surface area (Å²) >= 11 is 0. The Morgan fingerprint density at radius 2 is 1.83 bits per heavy atom. The molecule has 1 N–H and O–H groups in total. The largest absolute Gasteiger partial charge is 0.490 e. The summed E-state index contributed by atoms with van der Waals surface area (Å²) in [7, 11) is 0. The van der Waals surface area contributed by atoms with Crippen molar-refractivity contribution >= 4 is 18.3 Å². The fourth-order valence-corrected chi connectivity index (χ4v) is 2.29. The van der Waals surface area contributed by atoms with Gasteiger partial charge in [0.15, 0.2) is 11.5 Å². The smallest absolute Gasteiger partial charge is 0.251 e. The van der Waals surface area contributed by atoms with E-state index in [1.54, 1.807) is 24.5 Å². The topological polar surface area (TPSA) is 60.5 Å². The third-order valence-corrected chi connectivity index (χ3v) is 3.45. The molecule has 0 fully saturated rings. The second kappa shape index (κ2) is 8.39. The number of nitrogens with zero attached hydrogens (tertiary/aromatic N) is 1. The molecule has 1 aliphatic heterocycles. The standard InChI is InChI=1S/C17H18N2O3.ClH/c20-17(14-5-7-18-8-6-14)19-9-4-13-2-3-15-16(12-13)22-11-1-10-21-15;/h2-3,5-8,12H,1,4,9-11H2,(H,19,20);1H. The van der Waals surface area contributed by atoms with Crippen molar-refractivity contribution in [1.82, 2.24) is 10.3 Å². The van der Waals surface area contributed by atoms with Crippen LogP contribution in [0.15, 0.2) is 42.7 Å². The average molecular weight is 335 g/mol. The first-order valence-electron chi connectivity index (χ1n) is 7.40. The average Bonchev–Trinajstić information content (AvgIpc) is 2.80. The number of hydrogen-bond donors (Lipinski definition) is 1. The quantitative estimate of drug-likeness (QED) is 0.933. The van der Waals surface area contributed by atoms with Crippen molar-refractivity contribution in [3.8, 4) is 11.5 Å². The molecule has 0 saturated carbocycles. The summed E-state index contributed by atoms with van der Waals surface area (Å²) in [6.07, 6.45) is 4.86. The number of rotatable bonds is 4. The third kappa shape index (κ3) is 4.60. The van der Waals surface area contributed by atoms with Gasteiger partial charge in [0.05, 0.1) is 13.2 Å². The van der Waals surface area contributed by atoms with Gasteiger partial charge in [-0.3, -0.25) is 9.78 Å². The first-order valence-corrected chi connectivity index (χ1v) is 7.40. The summed E-state index contributed by atoms with van der Waals surface area (Å²) in [5.74, 6) is 1.49. The molecule has 5 nitrogen and oxygen atoms in total. The number of nitrogens with one attached hydrogen (secondary N) is 1. The molecule has 1 aromatic heterocycles. The second-order valence-corrected chi connectivity index (χ2v) is 5.07.